The van der Waals surface area contributed by atoms with Gasteiger partial charge in [0.25, 0.3) is 5.91 Å². The molecule has 1 aliphatic carbocycles. The number of unbranched alkanes of at least 4 members (excludes halogenated alkanes) is 2. The Hall–Kier alpha value is -2.23. The van der Waals surface area contributed by atoms with Gasteiger partial charge < -0.3 is 15.5 Å². The number of benzene rings is 1. The van der Waals surface area contributed by atoms with Crippen molar-refractivity contribution in [1.29, 1.82) is 0 Å². The molecular weight excluding hydrogens is 398 g/mol. The van der Waals surface area contributed by atoms with Gasteiger partial charge in [-0.3, -0.25) is 4.79 Å². The zero-order chi connectivity index (χ0) is 23.5. The number of hydrogen-bond donors (Lipinski definition) is 3. The summed E-state index contributed by atoms with van der Waals surface area (Å²) in [6.07, 6.45) is 15.8. The van der Waals surface area contributed by atoms with Crippen molar-refractivity contribution in [3.8, 4) is 11.5 Å². The summed E-state index contributed by atoms with van der Waals surface area (Å²) in [5.74, 6) is -0.180. The number of carbonyl (C=O) groups excluding carboxylic acids is 1. The van der Waals surface area contributed by atoms with Crippen LogP contribution in [0, 0.1) is 0 Å². The van der Waals surface area contributed by atoms with E-state index in [1.54, 1.807) is 6.07 Å². The van der Waals surface area contributed by atoms with E-state index in [4.69, 9.17) is 0 Å². The number of nitrogens with one attached hydrogen (secondary N) is 1. The molecule has 0 bridgehead atoms. The zero-order valence-electron chi connectivity index (χ0n) is 20.6. The number of carbonyl (C=O) groups is 1. The maximum absolute atomic E-state index is 13.2. The first-order chi connectivity index (χ1) is 15.3. The van der Waals surface area contributed by atoms with Crippen molar-refractivity contribution >= 4 is 5.91 Å². The van der Waals surface area contributed by atoms with Gasteiger partial charge in [-0.05, 0) is 77.3 Å². The lowest BCUT2D eigenvalue weighted by Gasteiger charge is -2.24. The van der Waals surface area contributed by atoms with Crippen molar-refractivity contribution in [3.63, 3.8) is 0 Å². The fourth-order valence-corrected chi connectivity index (χ4v) is 4.44. The summed E-state index contributed by atoms with van der Waals surface area (Å²) in [6, 6.07) is 1.88. The second-order valence-corrected chi connectivity index (χ2v) is 9.60. The Morgan fingerprint density at radius 1 is 1.09 bits per heavy atom. The molecular formula is C28H43NO3. The molecule has 1 amide bonds. The van der Waals surface area contributed by atoms with Crippen LogP contribution < -0.4 is 5.32 Å². The number of amides is 1. The van der Waals surface area contributed by atoms with Crippen molar-refractivity contribution in [3.05, 3.63) is 46.1 Å². The second kappa shape index (κ2) is 13.3. The van der Waals surface area contributed by atoms with Gasteiger partial charge in [0.15, 0.2) is 0 Å². The van der Waals surface area contributed by atoms with Crippen LogP contribution in [0.2, 0.25) is 0 Å². The minimum absolute atomic E-state index is 0.0573. The molecule has 1 aliphatic rings. The smallest absolute Gasteiger partial charge is 0.255 e. The molecule has 1 fully saturated rings. The van der Waals surface area contributed by atoms with Crippen LogP contribution in [-0.4, -0.2) is 22.2 Å². The Balaban J connectivity index is 2.27. The predicted octanol–water partition coefficient (Wildman–Crippen LogP) is 7.13. The Morgan fingerprint density at radius 3 is 2.47 bits per heavy atom. The quantitative estimate of drug-likeness (QED) is 0.253. The van der Waals surface area contributed by atoms with E-state index in [2.05, 4.69) is 39.1 Å². The van der Waals surface area contributed by atoms with Crippen LogP contribution in [0.25, 0.3) is 0 Å². The van der Waals surface area contributed by atoms with E-state index in [9.17, 15) is 15.0 Å². The summed E-state index contributed by atoms with van der Waals surface area (Å²) in [6.45, 7) is 8.40. The summed E-state index contributed by atoms with van der Waals surface area (Å²) in [5.41, 5.74) is 4.06. The highest BCUT2D eigenvalue weighted by Crippen LogP contribution is 2.36. The normalized spacial score (nSPS) is 14.9. The molecule has 1 aromatic rings. The number of phenols is 2. The van der Waals surface area contributed by atoms with Crippen LogP contribution >= 0.6 is 0 Å². The van der Waals surface area contributed by atoms with Crippen LogP contribution in [-0.2, 0) is 12.8 Å². The van der Waals surface area contributed by atoms with Gasteiger partial charge in [0.05, 0.1) is 5.56 Å². The van der Waals surface area contributed by atoms with Crippen molar-refractivity contribution < 1.29 is 15.0 Å². The summed E-state index contributed by atoms with van der Waals surface area (Å²) in [5, 5.41) is 25.0. The van der Waals surface area contributed by atoms with Gasteiger partial charge in [-0.2, -0.15) is 0 Å². The van der Waals surface area contributed by atoms with Crippen LogP contribution in [0.5, 0.6) is 11.5 Å². The highest BCUT2D eigenvalue weighted by Gasteiger charge is 2.24. The van der Waals surface area contributed by atoms with Crippen LogP contribution in [0.3, 0.4) is 0 Å². The molecule has 2 rings (SSSR count). The van der Waals surface area contributed by atoms with Gasteiger partial charge in [0.1, 0.15) is 11.5 Å². The van der Waals surface area contributed by atoms with E-state index in [-0.39, 0.29) is 23.4 Å². The van der Waals surface area contributed by atoms with Gasteiger partial charge in [-0.25, -0.2) is 0 Å². The molecule has 178 valence electrons. The Bertz CT molecular complexity index is 812. The van der Waals surface area contributed by atoms with Crippen molar-refractivity contribution in [2.45, 2.75) is 111 Å². The van der Waals surface area contributed by atoms with Crippen LogP contribution in [0.4, 0.5) is 0 Å². The molecule has 1 aromatic carbocycles. The van der Waals surface area contributed by atoms with E-state index in [0.29, 0.717) is 24.0 Å². The third-order valence-electron chi connectivity index (χ3n) is 6.43. The highest BCUT2D eigenvalue weighted by molar-refractivity contribution is 5.99. The molecule has 1 saturated carbocycles. The van der Waals surface area contributed by atoms with Crippen molar-refractivity contribution in [2.24, 2.45) is 0 Å². The summed E-state index contributed by atoms with van der Waals surface area (Å²) in [4.78, 5) is 13.2. The molecule has 4 heteroatoms. The molecule has 3 N–H and O–H groups in total. The fourth-order valence-electron chi connectivity index (χ4n) is 4.44. The summed E-state index contributed by atoms with van der Waals surface area (Å²) in [7, 11) is 0. The van der Waals surface area contributed by atoms with Gasteiger partial charge in [0, 0.05) is 11.6 Å². The molecule has 0 heterocycles. The first-order valence-electron chi connectivity index (χ1n) is 12.5. The second-order valence-electron chi connectivity index (χ2n) is 9.60. The van der Waals surface area contributed by atoms with Crippen LogP contribution in [0.15, 0.2) is 29.4 Å². The van der Waals surface area contributed by atoms with Gasteiger partial charge >= 0.3 is 0 Å². The number of phenolic OH excluding ortho intramolecular Hbond substituents is 2. The van der Waals surface area contributed by atoms with Crippen molar-refractivity contribution in [2.75, 3.05) is 0 Å². The molecule has 0 aromatic heterocycles. The summed E-state index contributed by atoms with van der Waals surface area (Å²) >= 11 is 0. The lowest BCUT2D eigenvalue weighted by molar-refractivity contribution is 0.0923. The monoisotopic (exact) mass is 441 g/mol. The number of allylic oxidation sites excluding steroid dienone is 4. The lowest BCUT2D eigenvalue weighted by Crippen LogP contribution is -2.36. The van der Waals surface area contributed by atoms with Gasteiger partial charge in [0.2, 0.25) is 0 Å². The first kappa shape index (κ1) is 26.0. The lowest BCUT2D eigenvalue weighted by atomic mass is 9.92. The largest absolute Gasteiger partial charge is 0.508 e. The number of rotatable bonds is 11. The molecule has 4 nitrogen and oxygen atoms in total. The van der Waals surface area contributed by atoms with Gasteiger partial charge in [-0.1, -0.05) is 62.3 Å². The van der Waals surface area contributed by atoms with E-state index in [0.717, 1.165) is 63.4 Å². The van der Waals surface area contributed by atoms with E-state index < -0.39 is 0 Å². The predicted molar refractivity (Wildman–Crippen MR) is 133 cm³/mol. The standard InChI is InChI=1S/C28H43NO3/c1-5-6-8-14-22-19-25(30)24(18-17-21(4)13-11-12-20(2)3)27(31)26(22)28(32)29-23-15-9-7-10-16-23/h12,17,19,23,30-31H,5-11,13-16,18H2,1-4H3,(H,29,32)/b21-17+. The molecule has 32 heavy (non-hydrogen) atoms. The SMILES string of the molecule is CCCCCc1cc(O)c(C/C=C(\C)CCC=C(C)C)c(O)c1C(=O)NC1CCCCC1. The van der Waals surface area contributed by atoms with E-state index in [1.807, 2.05) is 6.08 Å². The highest BCUT2D eigenvalue weighted by atomic mass is 16.3. The fraction of sp³-hybridized carbons (Fsp3) is 0.607. The number of hydrogen-bond acceptors (Lipinski definition) is 3. The molecule has 0 aliphatic heterocycles. The van der Waals surface area contributed by atoms with Gasteiger partial charge in [-0.15, -0.1) is 0 Å². The minimum atomic E-state index is -0.202. The number of aromatic hydroxyl groups is 2. The average Bonchev–Trinajstić information content (AvgIpc) is 2.74. The maximum atomic E-state index is 13.2. The number of aryl methyl sites for hydroxylation is 1. The summed E-state index contributed by atoms with van der Waals surface area (Å²) < 4.78 is 0. The van der Waals surface area contributed by atoms with Crippen molar-refractivity contribution in [1.82, 2.24) is 5.32 Å². The Kier molecular flexibility index (Phi) is 10.9. The van der Waals surface area contributed by atoms with E-state index >= 15 is 0 Å². The maximum Gasteiger partial charge on any atom is 0.255 e. The Labute approximate surface area is 194 Å². The third kappa shape index (κ3) is 8.03. The topological polar surface area (TPSA) is 69.6 Å². The molecule has 0 spiro atoms. The third-order valence-corrected chi connectivity index (χ3v) is 6.43. The molecule has 0 radical (unpaired) electrons. The van der Waals surface area contributed by atoms with E-state index in [1.165, 1.54) is 17.6 Å². The Morgan fingerprint density at radius 2 is 1.81 bits per heavy atom. The molecule has 0 saturated heterocycles. The minimum Gasteiger partial charge on any atom is -0.508 e. The zero-order valence-corrected chi connectivity index (χ0v) is 20.6. The molecule has 0 unspecified atom stereocenters. The molecule has 0 atom stereocenters. The average molecular weight is 442 g/mol. The van der Waals surface area contributed by atoms with Crippen LogP contribution in [0.1, 0.15) is 113 Å². The first-order valence-corrected chi connectivity index (χ1v) is 12.5.